The summed E-state index contributed by atoms with van der Waals surface area (Å²) in [5.41, 5.74) is 4.54. The van der Waals surface area contributed by atoms with E-state index in [9.17, 15) is 14.7 Å². The first-order valence-corrected chi connectivity index (χ1v) is 12.7. The number of rotatable bonds is 13. The van der Waals surface area contributed by atoms with E-state index in [1.165, 1.54) is 13.3 Å². The molecule has 1 heterocycles. The lowest BCUT2D eigenvalue weighted by molar-refractivity contribution is -0.136. The Labute approximate surface area is 233 Å². The van der Waals surface area contributed by atoms with E-state index in [1.54, 1.807) is 38.3 Å². The van der Waals surface area contributed by atoms with E-state index in [4.69, 9.17) is 23.7 Å². The molecule has 12 nitrogen and oxygen atoms in total. The van der Waals surface area contributed by atoms with Crippen molar-refractivity contribution in [3.05, 3.63) is 58.8 Å². The summed E-state index contributed by atoms with van der Waals surface area (Å²) in [7, 11) is 2.83. The Morgan fingerprint density at radius 2 is 1.93 bits per heavy atom. The van der Waals surface area contributed by atoms with E-state index >= 15 is 0 Å². The highest BCUT2D eigenvalue weighted by molar-refractivity contribution is 5.95. The maximum absolute atomic E-state index is 12.4. The summed E-state index contributed by atoms with van der Waals surface area (Å²) in [6, 6.07) is 9.23. The molecule has 0 spiro atoms. The quantitative estimate of drug-likeness (QED) is 0.126. The fourth-order valence-corrected chi connectivity index (χ4v) is 3.97. The minimum absolute atomic E-state index is 0.0699. The summed E-state index contributed by atoms with van der Waals surface area (Å²) in [6.07, 6.45) is 0.302. The average Bonchev–Trinajstić information content (AvgIpc) is 2.92. The van der Waals surface area contributed by atoms with Gasteiger partial charge in [0, 0.05) is 11.3 Å². The molecule has 0 saturated heterocycles. The van der Waals surface area contributed by atoms with E-state index in [0.29, 0.717) is 46.4 Å². The van der Waals surface area contributed by atoms with Crippen LogP contribution in [0.3, 0.4) is 0 Å². The van der Waals surface area contributed by atoms with Crippen LogP contribution in [-0.4, -0.2) is 63.1 Å². The zero-order valence-electron chi connectivity index (χ0n) is 23.4. The van der Waals surface area contributed by atoms with Gasteiger partial charge in [0.25, 0.3) is 0 Å². The molecule has 1 aliphatic rings. The van der Waals surface area contributed by atoms with Gasteiger partial charge < -0.3 is 39.4 Å². The van der Waals surface area contributed by atoms with Crippen LogP contribution in [0.15, 0.2) is 52.8 Å². The number of amides is 2. The number of nitrogens with zero attached hydrogens (tertiary/aromatic N) is 1. The normalized spacial score (nSPS) is 15.8. The molecule has 12 heteroatoms. The van der Waals surface area contributed by atoms with Crippen molar-refractivity contribution in [2.45, 2.75) is 46.1 Å². The van der Waals surface area contributed by atoms with Gasteiger partial charge in [-0.25, -0.2) is 9.59 Å². The highest BCUT2D eigenvalue weighted by Crippen LogP contribution is 2.35. The number of urea groups is 1. The van der Waals surface area contributed by atoms with Crippen LogP contribution in [0.2, 0.25) is 0 Å². The second kappa shape index (κ2) is 14.1. The number of para-hydroxylation sites is 1. The number of carbonyl (C=O) groups excluding carboxylic acids is 2. The highest BCUT2D eigenvalue weighted by Gasteiger charge is 2.32. The minimum atomic E-state index is -1.15. The van der Waals surface area contributed by atoms with Crippen molar-refractivity contribution in [2.75, 3.05) is 27.4 Å². The van der Waals surface area contributed by atoms with Crippen LogP contribution in [-0.2, 0) is 9.53 Å². The van der Waals surface area contributed by atoms with Gasteiger partial charge in [0.05, 0.1) is 44.8 Å². The topological polar surface area (TPSA) is 149 Å². The number of esters is 1. The molecule has 216 valence electrons. The molecule has 0 fully saturated rings. The average molecular weight is 557 g/mol. The lowest BCUT2D eigenvalue weighted by Gasteiger charge is -2.28. The van der Waals surface area contributed by atoms with E-state index in [1.807, 2.05) is 32.9 Å². The van der Waals surface area contributed by atoms with Crippen molar-refractivity contribution in [3.63, 3.8) is 0 Å². The monoisotopic (exact) mass is 556 g/mol. The number of hydrogen-bond acceptors (Lipinski definition) is 10. The van der Waals surface area contributed by atoms with Crippen LogP contribution in [0.25, 0.3) is 0 Å². The molecule has 2 aromatic rings. The maximum Gasteiger partial charge on any atom is 0.337 e. The largest absolute Gasteiger partial charge is 0.493 e. The SMILES string of the molecule is CCOc1cc([C@H]2NC(=O)NC(C)=C2C(=O)OC)ccc1OC[C@H](O)N/N=C/c1cccc(OC)c1OC(C)C. The number of carbonyl (C=O) groups is 2. The first-order chi connectivity index (χ1) is 19.2. The van der Waals surface area contributed by atoms with Crippen molar-refractivity contribution in [1.29, 1.82) is 0 Å². The molecule has 3 rings (SSSR count). The standard InChI is InChI=1S/C28H36N4O8/c1-7-38-22-13-18(25-24(27(34)37-6)17(4)30-28(35)31-25)11-12-20(22)39-15-23(33)32-29-14-19-9-8-10-21(36-5)26(19)40-16(2)3/h8-14,16,23,25,32-33H,7,15H2,1-6H3,(H2,30,31,35)/b29-14+/t23-,25+/m0/s1. The number of nitrogens with one attached hydrogen (secondary N) is 3. The molecule has 2 aromatic carbocycles. The molecular formula is C28H36N4O8. The predicted molar refractivity (Wildman–Crippen MR) is 148 cm³/mol. The Morgan fingerprint density at radius 3 is 2.60 bits per heavy atom. The molecule has 0 aromatic heterocycles. The van der Waals surface area contributed by atoms with Crippen LogP contribution in [0, 0.1) is 0 Å². The van der Waals surface area contributed by atoms with E-state index in [2.05, 4.69) is 21.2 Å². The maximum atomic E-state index is 12.4. The summed E-state index contributed by atoms with van der Waals surface area (Å²) < 4.78 is 27.7. The van der Waals surface area contributed by atoms with Crippen molar-refractivity contribution >= 4 is 18.2 Å². The predicted octanol–water partition coefficient (Wildman–Crippen LogP) is 3.00. The zero-order valence-corrected chi connectivity index (χ0v) is 23.4. The molecule has 40 heavy (non-hydrogen) atoms. The van der Waals surface area contributed by atoms with E-state index < -0.39 is 24.3 Å². The van der Waals surface area contributed by atoms with Crippen molar-refractivity contribution in [1.82, 2.24) is 16.1 Å². The Hall–Kier alpha value is -4.45. The van der Waals surface area contributed by atoms with E-state index in [0.717, 1.165) is 0 Å². The van der Waals surface area contributed by atoms with Gasteiger partial charge in [-0.15, -0.1) is 0 Å². The van der Waals surface area contributed by atoms with Gasteiger partial charge in [0.2, 0.25) is 0 Å². The summed E-state index contributed by atoms with van der Waals surface area (Å²) in [4.78, 5) is 24.5. The number of ether oxygens (including phenoxy) is 5. The Bertz CT molecular complexity index is 1260. The lowest BCUT2D eigenvalue weighted by Crippen LogP contribution is -2.45. The van der Waals surface area contributed by atoms with Crippen LogP contribution < -0.4 is 35.0 Å². The first kappa shape index (κ1) is 30.1. The molecular weight excluding hydrogens is 520 g/mol. The minimum Gasteiger partial charge on any atom is -0.493 e. The Balaban J connectivity index is 1.71. The van der Waals surface area contributed by atoms with Crippen LogP contribution >= 0.6 is 0 Å². The van der Waals surface area contributed by atoms with E-state index in [-0.39, 0.29) is 18.3 Å². The number of hydrazone groups is 1. The van der Waals surface area contributed by atoms with Gasteiger partial charge in [-0.3, -0.25) is 5.43 Å². The molecule has 2 atom stereocenters. The van der Waals surface area contributed by atoms with Gasteiger partial charge in [0.1, 0.15) is 6.61 Å². The number of aliphatic hydroxyl groups is 1. The number of methoxy groups -OCH3 is 2. The van der Waals surface area contributed by atoms with Gasteiger partial charge in [-0.1, -0.05) is 12.1 Å². The highest BCUT2D eigenvalue weighted by atomic mass is 16.5. The van der Waals surface area contributed by atoms with Crippen LogP contribution in [0.1, 0.15) is 44.9 Å². The van der Waals surface area contributed by atoms with Crippen molar-refractivity contribution in [3.8, 4) is 23.0 Å². The van der Waals surface area contributed by atoms with Crippen molar-refractivity contribution in [2.24, 2.45) is 5.10 Å². The molecule has 0 aliphatic carbocycles. The summed E-state index contributed by atoms with van der Waals surface area (Å²) in [6.45, 7) is 7.45. The van der Waals surface area contributed by atoms with Gasteiger partial charge >= 0.3 is 12.0 Å². The zero-order chi connectivity index (χ0) is 29.2. The lowest BCUT2D eigenvalue weighted by atomic mass is 9.95. The summed E-state index contributed by atoms with van der Waals surface area (Å²) in [5.74, 6) is 1.28. The third kappa shape index (κ3) is 7.56. The van der Waals surface area contributed by atoms with Gasteiger partial charge in [-0.2, -0.15) is 5.10 Å². The fourth-order valence-electron chi connectivity index (χ4n) is 3.97. The van der Waals surface area contributed by atoms with Crippen molar-refractivity contribution < 1.29 is 38.4 Å². The summed E-state index contributed by atoms with van der Waals surface area (Å²) in [5, 5.41) is 19.8. The molecule has 1 aliphatic heterocycles. The second-order valence-corrected chi connectivity index (χ2v) is 8.96. The molecule has 0 unspecified atom stereocenters. The third-order valence-corrected chi connectivity index (χ3v) is 5.68. The molecule has 4 N–H and O–H groups in total. The molecule has 0 bridgehead atoms. The summed E-state index contributed by atoms with van der Waals surface area (Å²) >= 11 is 0. The first-order valence-electron chi connectivity index (χ1n) is 12.7. The number of hydrogen-bond donors (Lipinski definition) is 4. The number of aliphatic hydroxyl groups excluding tert-OH is 1. The Morgan fingerprint density at radius 1 is 1.15 bits per heavy atom. The fraction of sp³-hybridized carbons (Fsp3) is 0.393. The van der Waals surface area contributed by atoms with Crippen LogP contribution in [0.5, 0.6) is 23.0 Å². The molecule has 0 radical (unpaired) electrons. The van der Waals surface area contributed by atoms with Gasteiger partial charge in [0.15, 0.2) is 29.2 Å². The second-order valence-electron chi connectivity index (χ2n) is 8.96. The smallest absolute Gasteiger partial charge is 0.337 e. The van der Waals surface area contributed by atoms with Gasteiger partial charge in [-0.05, 0) is 57.5 Å². The number of allylic oxidation sites excluding steroid dienone is 1. The Kier molecular flexibility index (Phi) is 10.6. The molecule has 0 saturated carbocycles. The third-order valence-electron chi connectivity index (χ3n) is 5.68. The number of benzene rings is 2. The van der Waals surface area contributed by atoms with Crippen LogP contribution in [0.4, 0.5) is 4.79 Å². The molecule has 2 amide bonds.